The van der Waals surface area contributed by atoms with E-state index < -0.39 is 5.97 Å². The highest BCUT2D eigenvalue weighted by Crippen LogP contribution is 2.30. The van der Waals surface area contributed by atoms with Gasteiger partial charge in [0, 0.05) is 11.4 Å². The molecule has 0 saturated heterocycles. The van der Waals surface area contributed by atoms with Crippen LogP contribution in [0.2, 0.25) is 0 Å². The number of fused-ring (bicyclic) bond motifs is 2. The molecule has 0 unspecified atom stereocenters. The van der Waals surface area contributed by atoms with Gasteiger partial charge in [0.25, 0.3) is 5.56 Å². The fourth-order valence-corrected chi connectivity index (χ4v) is 4.14. The van der Waals surface area contributed by atoms with Gasteiger partial charge in [0.2, 0.25) is 0 Å². The second kappa shape index (κ2) is 7.00. The van der Waals surface area contributed by atoms with Crippen molar-refractivity contribution in [2.24, 2.45) is 0 Å². The van der Waals surface area contributed by atoms with Crippen LogP contribution in [0.4, 0.5) is 0 Å². The van der Waals surface area contributed by atoms with Crippen LogP contribution < -0.4 is 10.3 Å². The lowest BCUT2D eigenvalue weighted by molar-refractivity contribution is -0.139. The summed E-state index contributed by atoms with van der Waals surface area (Å²) in [6.07, 6.45) is 3.68. The molecule has 1 aromatic carbocycles. The Morgan fingerprint density at radius 2 is 2.15 bits per heavy atom. The molecule has 3 heterocycles. The molecule has 138 valence electrons. The molecule has 1 N–H and O–H groups in total. The van der Waals surface area contributed by atoms with Crippen LogP contribution in [0, 0.1) is 0 Å². The van der Waals surface area contributed by atoms with Crippen LogP contribution in [0.15, 0.2) is 35.1 Å². The highest BCUT2D eigenvalue weighted by Gasteiger charge is 2.22. The Morgan fingerprint density at radius 3 is 2.85 bits per heavy atom. The van der Waals surface area contributed by atoms with Gasteiger partial charge < -0.3 is 9.84 Å². The van der Waals surface area contributed by atoms with Gasteiger partial charge in [-0.05, 0) is 48.3 Å². The number of allylic oxidation sites excluding steroid dienone is 1. The summed E-state index contributed by atoms with van der Waals surface area (Å²) in [6, 6.07) is 9.16. The normalized spacial score (nSPS) is 14.6. The first-order chi connectivity index (χ1) is 13.0. The van der Waals surface area contributed by atoms with E-state index in [4.69, 9.17) is 14.8 Å². The number of carboxylic acids is 1. The molecule has 0 spiro atoms. The maximum atomic E-state index is 12.8. The minimum atomic E-state index is -1.01. The third-order valence-corrected chi connectivity index (χ3v) is 5.70. The molecule has 0 radical (unpaired) electrons. The van der Waals surface area contributed by atoms with Gasteiger partial charge in [0.1, 0.15) is 16.4 Å². The number of carbonyl (C=O) groups is 1. The van der Waals surface area contributed by atoms with Gasteiger partial charge in [-0.1, -0.05) is 19.1 Å². The smallest absolute Gasteiger partial charge is 0.341 e. The molecular weight excluding hydrogens is 364 g/mol. The van der Waals surface area contributed by atoms with Crippen LogP contribution in [0.25, 0.3) is 21.9 Å². The van der Waals surface area contributed by atoms with E-state index in [0.717, 1.165) is 34.6 Å². The topological polar surface area (TPSA) is 81.4 Å². The predicted molar refractivity (Wildman–Crippen MR) is 105 cm³/mol. The van der Waals surface area contributed by atoms with E-state index in [0.29, 0.717) is 17.7 Å². The van der Waals surface area contributed by atoms with Crippen molar-refractivity contribution in [3.05, 3.63) is 57.0 Å². The Labute approximate surface area is 159 Å². The van der Waals surface area contributed by atoms with Gasteiger partial charge in [-0.25, -0.2) is 9.78 Å². The number of carboxylic acid groups (broad SMARTS) is 1. The zero-order chi connectivity index (χ0) is 19.0. The van der Waals surface area contributed by atoms with Crippen LogP contribution in [-0.4, -0.2) is 27.2 Å². The first-order valence-corrected chi connectivity index (χ1v) is 9.55. The third kappa shape index (κ3) is 3.38. The Morgan fingerprint density at radius 1 is 1.37 bits per heavy atom. The number of aliphatic carboxylic acids is 1. The summed E-state index contributed by atoms with van der Waals surface area (Å²) in [5.74, 6) is 0.239. The Hall–Kier alpha value is -2.93. The third-order valence-electron chi connectivity index (χ3n) is 4.53. The molecule has 3 aromatic rings. The van der Waals surface area contributed by atoms with Crippen molar-refractivity contribution in [1.29, 1.82) is 0 Å². The second-order valence-electron chi connectivity index (χ2n) is 6.35. The molecule has 0 aliphatic carbocycles. The van der Waals surface area contributed by atoms with Gasteiger partial charge >= 0.3 is 5.97 Å². The van der Waals surface area contributed by atoms with Gasteiger partial charge in [0.05, 0.1) is 5.39 Å². The van der Waals surface area contributed by atoms with Crippen LogP contribution in [0.3, 0.4) is 0 Å². The summed E-state index contributed by atoms with van der Waals surface area (Å²) in [6.45, 7) is 2.35. The lowest BCUT2D eigenvalue weighted by atomic mass is 10.1. The van der Waals surface area contributed by atoms with E-state index in [-0.39, 0.29) is 12.2 Å². The van der Waals surface area contributed by atoms with E-state index in [1.807, 2.05) is 24.3 Å². The van der Waals surface area contributed by atoms with Crippen LogP contribution in [0.5, 0.6) is 5.75 Å². The van der Waals surface area contributed by atoms with Crippen molar-refractivity contribution < 1.29 is 14.6 Å². The van der Waals surface area contributed by atoms with Crippen molar-refractivity contribution in [2.45, 2.75) is 26.3 Å². The molecule has 6 nitrogen and oxygen atoms in total. The highest BCUT2D eigenvalue weighted by molar-refractivity contribution is 7.18. The number of aryl methyl sites for hydroxylation is 1. The molecule has 0 bridgehead atoms. The van der Waals surface area contributed by atoms with E-state index in [2.05, 4.69) is 6.92 Å². The number of aromatic nitrogens is 2. The fraction of sp³-hybridized carbons (Fsp3) is 0.250. The van der Waals surface area contributed by atoms with Crippen molar-refractivity contribution >= 4 is 39.2 Å². The maximum absolute atomic E-state index is 12.8. The zero-order valence-electron chi connectivity index (χ0n) is 14.8. The quantitative estimate of drug-likeness (QED) is 0.731. The standard InChI is InChI=1S/C20H18N2O4S/c1-2-15-10-16-19(27-15)21-18-13(7-8-22(18)20(16)25)9-12-3-5-14(6-4-12)26-11-17(23)24/h3-6,9-10H,2,7-8,11H2,1H3,(H,23,24)/b13-9+. The average molecular weight is 382 g/mol. The van der Waals surface area contributed by atoms with Crippen LogP contribution >= 0.6 is 11.3 Å². The van der Waals surface area contributed by atoms with Gasteiger partial charge in [-0.15, -0.1) is 11.3 Å². The summed E-state index contributed by atoms with van der Waals surface area (Å²) in [4.78, 5) is 30.0. The predicted octanol–water partition coefficient (Wildman–Crippen LogP) is 3.43. The summed E-state index contributed by atoms with van der Waals surface area (Å²) < 4.78 is 6.90. The van der Waals surface area contributed by atoms with Crippen molar-refractivity contribution in [1.82, 2.24) is 9.55 Å². The van der Waals surface area contributed by atoms with Crippen molar-refractivity contribution in [3.63, 3.8) is 0 Å². The lowest BCUT2D eigenvalue weighted by Crippen LogP contribution is -2.19. The molecule has 7 heteroatoms. The first-order valence-electron chi connectivity index (χ1n) is 8.74. The fourth-order valence-electron chi connectivity index (χ4n) is 3.18. The van der Waals surface area contributed by atoms with E-state index in [1.165, 1.54) is 4.88 Å². The molecule has 0 atom stereocenters. The molecule has 27 heavy (non-hydrogen) atoms. The van der Waals surface area contributed by atoms with Gasteiger partial charge in [-0.3, -0.25) is 9.36 Å². The molecule has 0 saturated carbocycles. The largest absolute Gasteiger partial charge is 0.482 e. The van der Waals surface area contributed by atoms with Gasteiger partial charge in [-0.2, -0.15) is 0 Å². The number of benzene rings is 1. The SMILES string of the molecule is CCc1cc2c(=O)n3c(nc2s1)/C(=C/c1ccc(OCC(=O)O)cc1)CC3. The van der Waals surface area contributed by atoms with E-state index in [9.17, 15) is 9.59 Å². The Balaban J connectivity index is 1.66. The van der Waals surface area contributed by atoms with Crippen LogP contribution in [-0.2, 0) is 17.8 Å². The molecule has 1 aliphatic rings. The first kappa shape index (κ1) is 17.5. The number of nitrogens with zero attached hydrogens (tertiary/aromatic N) is 2. The number of hydrogen-bond acceptors (Lipinski definition) is 5. The zero-order valence-corrected chi connectivity index (χ0v) is 15.6. The molecule has 2 aromatic heterocycles. The minimum Gasteiger partial charge on any atom is -0.482 e. The lowest BCUT2D eigenvalue weighted by Gasteiger charge is -2.04. The monoisotopic (exact) mass is 382 g/mol. The summed E-state index contributed by atoms with van der Waals surface area (Å²) >= 11 is 1.58. The molecule has 0 fully saturated rings. The number of rotatable bonds is 5. The minimum absolute atomic E-state index is 0.0340. The molecule has 4 rings (SSSR count). The highest BCUT2D eigenvalue weighted by atomic mass is 32.1. The average Bonchev–Trinajstić information content (AvgIpc) is 3.26. The summed E-state index contributed by atoms with van der Waals surface area (Å²) in [5.41, 5.74) is 2.02. The maximum Gasteiger partial charge on any atom is 0.341 e. The second-order valence-corrected chi connectivity index (χ2v) is 7.46. The molecule has 0 amide bonds. The number of thiophene rings is 1. The van der Waals surface area contributed by atoms with Crippen molar-refractivity contribution in [2.75, 3.05) is 6.61 Å². The van der Waals surface area contributed by atoms with Crippen LogP contribution in [0.1, 0.15) is 29.6 Å². The number of ether oxygens (including phenoxy) is 1. The van der Waals surface area contributed by atoms with E-state index >= 15 is 0 Å². The molecular formula is C20H18N2O4S. The van der Waals surface area contributed by atoms with Crippen molar-refractivity contribution in [3.8, 4) is 5.75 Å². The Kier molecular flexibility index (Phi) is 4.53. The number of hydrogen-bond donors (Lipinski definition) is 1. The van der Waals surface area contributed by atoms with Gasteiger partial charge in [0.15, 0.2) is 6.61 Å². The summed E-state index contributed by atoms with van der Waals surface area (Å²) in [5, 5.41) is 9.37. The molecule has 1 aliphatic heterocycles. The van der Waals surface area contributed by atoms with E-state index in [1.54, 1.807) is 28.0 Å². The Bertz CT molecular complexity index is 1110. The summed E-state index contributed by atoms with van der Waals surface area (Å²) in [7, 11) is 0.